The second-order valence-corrected chi connectivity index (χ2v) is 6.86. The van der Waals surface area contributed by atoms with Crippen LogP contribution in [0.25, 0.3) is 0 Å². The number of quaternary nitrogens is 1. The fraction of sp³-hybridized carbons (Fsp3) is 0.684. The first kappa shape index (κ1) is 19.7. The van der Waals surface area contributed by atoms with Gasteiger partial charge in [-0.15, -0.1) is 0 Å². The number of ether oxygens (including phenoxy) is 1. The molecular formula is C19H32N3O3+. The van der Waals surface area contributed by atoms with E-state index in [-0.39, 0.29) is 17.8 Å². The van der Waals surface area contributed by atoms with Gasteiger partial charge in [0.1, 0.15) is 6.54 Å². The summed E-state index contributed by atoms with van der Waals surface area (Å²) in [6, 6.07) is 1.98. The van der Waals surface area contributed by atoms with Crippen LogP contribution in [0.4, 0.5) is 0 Å². The first-order valence-corrected chi connectivity index (χ1v) is 9.38. The van der Waals surface area contributed by atoms with Crippen LogP contribution in [-0.4, -0.2) is 55.1 Å². The van der Waals surface area contributed by atoms with Crippen molar-refractivity contribution in [3.05, 3.63) is 23.0 Å². The lowest BCUT2D eigenvalue weighted by atomic mass is 10.1. The van der Waals surface area contributed by atoms with Gasteiger partial charge in [0.15, 0.2) is 6.54 Å². The molecule has 140 valence electrons. The molecule has 2 rings (SSSR count). The van der Waals surface area contributed by atoms with Gasteiger partial charge in [0.05, 0.1) is 12.6 Å². The minimum Gasteiger partial charge on any atom is -0.376 e. The highest BCUT2D eigenvalue weighted by atomic mass is 16.5. The maximum atomic E-state index is 12.8. The van der Waals surface area contributed by atoms with Crippen LogP contribution in [0.2, 0.25) is 0 Å². The average Bonchev–Trinajstić information content (AvgIpc) is 3.18. The molecule has 2 atom stereocenters. The molecule has 0 saturated carbocycles. The number of nitrogens with zero attached hydrogens (tertiary/aromatic N) is 1. The Morgan fingerprint density at radius 3 is 2.68 bits per heavy atom. The van der Waals surface area contributed by atoms with Crippen molar-refractivity contribution in [2.45, 2.75) is 53.2 Å². The van der Waals surface area contributed by atoms with E-state index in [9.17, 15) is 9.59 Å². The van der Waals surface area contributed by atoms with Gasteiger partial charge in [-0.05, 0) is 46.6 Å². The number of hydrogen-bond donors (Lipinski definition) is 2. The van der Waals surface area contributed by atoms with Gasteiger partial charge in [0.25, 0.3) is 5.91 Å². The van der Waals surface area contributed by atoms with Gasteiger partial charge < -0.3 is 19.5 Å². The van der Waals surface area contributed by atoms with Crippen LogP contribution in [0, 0.1) is 13.8 Å². The van der Waals surface area contributed by atoms with Crippen molar-refractivity contribution in [2.75, 3.05) is 32.8 Å². The predicted molar refractivity (Wildman–Crippen MR) is 97.1 cm³/mol. The summed E-state index contributed by atoms with van der Waals surface area (Å²) in [4.78, 5) is 25.6. The first-order valence-electron chi connectivity index (χ1n) is 9.38. The second kappa shape index (κ2) is 9.15. The Labute approximate surface area is 150 Å². The van der Waals surface area contributed by atoms with Crippen molar-refractivity contribution < 1.29 is 19.2 Å². The van der Waals surface area contributed by atoms with Crippen molar-refractivity contribution in [1.82, 2.24) is 9.88 Å². The predicted octanol–water partition coefficient (Wildman–Crippen LogP) is 0.508. The lowest BCUT2D eigenvalue weighted by Crippen LogP contribution is -3.13. The number of aromatic nitrogens is 1. The van der Waals surface area contributed by atoms with Crippen molar-refractivity contribution in [2.24, 2.45) is 0 Å². The summed E-state index contributed by atoms with van der Waals surface area (Å²) >= 11 is 0. The highest BCUT2D eigenvalue weighted by Crippen LogP contribution is 2.20. The van der Waals surface area contributed by atoms with E-state index in [1.54, 1.807) is 0 Å². The van der Waals surface area contributed by atoms with E-state index in [1.165, 1.54) is 0 Å². The number of ketones is 1. The first-order chi connectivity index (χ1) is 12.0. The van der Waals surface area contributed by atoms with Gasteiger partial charge >= 0.3 is 0 Å². The van der Waals surface area contributed by atoms with E-state index in [0.717, 1.165) is 54.4 Å². The number of rotatable bonds is 9. The number of hydrogen-bond acceptors (Lipinski definition) is 3. The van der Waals surface area contributed by atoms with Crippen LogP contribution >= 0.6 is 0 Å². The van der Waals surface area contributed by atoms with E-state index in [2.05, 4.69) is 9.88 Å². The fourth-order valence-electron chi connectivity index (χ4n) is 3.48. The maximum Gasteiger partial charge on any atom is 0.275 e. The quantitative estimate of drug-likeness (QED) is 0.638. The summed E-state index contributed by atoms with van der Waals surface area (Å²) in [5.41, 5.74) is 2.88. The Morgan fingerprint density at radius 2 is 2.08 bits per heavy atom. The molecule has 2 N–H and O–H groups in total. The minimum atomic E-state index is -0.00370. The molecule has 6 heteroatoms. The minimum absolute atomic E-state index is 0.00370. The van der Waals surface area contributed by atoms with Gasteiger partial charge in [-0.25, -0.2) is 0 Å². The third-order valence-corrected chi connectivity index (χ3v) is 4.98. The van der Waals surface area contributed by atoms with Crippen LogP contribution in [0.5, 0.6) is 0 Å². The molecule has 25 heavy (non-hydrogen) atoms. The number of aryl methyl sites for hydroxylation is 1. The molecule has 1 saturated heterocycles. The Bertz CT molecular complexity index is 603. The van der Waals surface area contributed by atoms with Crippen molar-refractivity contribution in [3.8, 4) is 0 Å². The summed E-state index contributed by atoms with van der Waals surface area (Å²) in [5.74, 6) is 0.101. The fourth-order valence-corrected chi connectivity index (χ4v) is 3.48. The molecule has 6 nitrogen and oxygen atoms in total. The lowest BCUT2D eigenvalue weighted by Gasteiger charge is -2.17. The smallest absolute Gasteiger partial charge is 0.275 e. The van der Waals surface area contributed by atoms with E-state index in [4.69, 9.17) is 4.74 Å². The van der Waals surface area contributed by atoms with Crippen LogP contribution in [0.1, 0.15) is 48.4 Å². The second-order valence-electron chi connectivity index (χ2n) is 6.86. The molecule has 1 unspecified atom stereocenters. The Balaban J connectivity index is 2.04. The van der Waals surface area contributed by atoms with Crippen molar-refractivity contribution >= 4 is 11.7 Å². The van der Waals surface area contributed by atoms with E-state index < -0.39 is 0 Å². The Hall–Kier alpha value is -1.66. The number of amides is 1. The molecule has 1 fully saturated rings. The van der Waals surface area contributed by atoms with Crippen molar-refractivity contribution in [3.63, 3.8) is 0 Å². The molecular weight excluding hydrogens is 318 g/mol. The topological polar surface area (TPSA) is 64.8 Å². The molecule has 1 amide bonds. The zero-order valence-corrected chi connectivity index (χ0v) is 16.0. The molecule has 1 aliphatic rings. The maximum absolute atomic E-state index is 12.8. The molecule has 1 aromatic rings. The molecule has 0 aliphatic carbocycles. The number of nitrogens with one attached hydrogen (secondary N) is 2. The SMILES string of the molecule is CCNC(=O)C[NH+](CC)CC(=O)c1cc(C)n(C[C@H]2CCCO2)c1C. The Morgan fingerprint density at radius 1 is 1.32 bits per heavy atom. The highest BCUT2D eigenvalue weighted by molar-refractivity contribution is 5.98. The number of carbonyl (C=O) groups is 2. The van der Waals surface area contributed by atoms with E-state index in [0.29, 0.717) is 19.6 Å². The van der Waals surface area contributed by atoms with Gasteiger partial charge in [0.2, 0.25) is 5.78 Å². The normalized spacial score (nSPS) is 18.3. The number of Topliss-reactive ketones (excluding diaryl/α,β-unsaturated/α-hetero) is 1. The molecule has 0 spiro atoms. The molecule has 0 bridgehead atoms. The lowest BCUT2D eigenvalue weighted by molar-refractivity contribution is -0.881. The standard InChI is InChI=1S/C19H31N3O3/c1-5-20-19(24)13-21(6-2)12-18(23)17-10-14(3)22(15(17)4)11-16-8-7-9-25-16/h10,16H,5-9,11-13H2,1-4H3,(H,20,24)/p+1/t16-/m1/s1. The highest BCUT2D eigenvalue weighted by Gasteiger charge is 2.23. The third kappa shape index (κ3) is 5.16. The molecule has 1 aromatic heterocycles. The number of likely N-dealkylation sites (N-methyl/N-ethyl adjacent to an activating group) is 2. The number of carbonyl (C=O) groups excluding carboxylic acids is 2. The van der Waals surface area contributed by atoms with Crippen LogP contribution in [0.3, 0.4) is 0 Å². The summed E-state index contributed by atoms with van der Waals surface area (Å²) in [6.45, 7) is 11.6. The largest absolute Gasteiger partial charge is 0.376 e. The molecule has 1 aliphatic heterocycles. The van der Waals surface area contributed by atoms with E-state index >= 15 is 0 Å². The summed E-state index contributed by atoms with van der Waals surface area (Å²) in [7, 11) is 0. The summed E-state index contributed by atoms with van der Waals surface area (Å²) in [5, 5.41) is 2.80. The third-order valence-electron chi connectivity index (χ3n) is 4.98. The zero-order valence-electron chi connectivity index (χ0n) is 16.0. The summed E-state index contributed by atoms with van der Waals surface area (Å²) < 4.78 is 7.92. The molecule has 0 aromatic carbocycles. The van der Waals surface area contributed by atoms with Gasteiger partial charge in [-0.1, -0.05) is 0 Å². The molecule has 2 heterocycles. The summed E-state index contributed by atoms with van der Waals surface area (Å²) in [6.07, 6.45) is 2.45. The van der Waals surface area contributed by atoms with Crippen molar-refractivity contribution in [1.29, 1.82) is 0 Å². The van der Waals surface area contributed by atoms with Gasteiger partial charge in [-0.2, -0.15) is 0 Å². The van der Waals surface area contributed by atoms with Crippen LogP contribution < -0.4 is 10.2 Å². The monoisotopic (exact) mass is 350 g/mol. The van der Waals surface area contributed by atoms with Gasteiger partial charge in [-0.3, -0.25) is 9.59 Å². The van der Waals surface area contributed by atoms with Gasteiger partial charge in [0, 0.05) is 36.6 Å². The van der Waals surface area contributed by atoms with E-state index in [1.807, 2.05) is 33.8 Å². The van der Waals surface area contributed by atoms with Crippen LogP contribution in [0.15, 0.2) is 6.07 Å². The zero-order chi connectivity index (χ0) is 18.4. The average molecular weight is 350 g/mol. The Kier molecular flexibility index (Phi) is 7.20. The molecule has 0 radical (unpaired) electrons. The van der Waals surface area contributed by atoms with Crippen LogP contribution in [-0.2, 0) is 16.1 Å².